The molecule has 5 heteroatoms. The van der Waals surface area contributed by atoms with Crippen LogP contribution in [0.4, 0.5) is 13.2 Å². The summed E-state index contributed by atoms with van der Waals surface area (Å²) in [7, 11) is 0. The lowest BCUT2D eigenvalue weighted by Gasteiger charge is -2.27. The molecule has 0 bridgehead atoms. The molecular formula is C19H17F3N2. The Hall–Kier alpha value is -2.27. The fourth-order valence-corrected chi connectivity index (χ4v) is 3.45. The van der Waals surface area contributed by atoms with Gasteiger partial charge in [0.1, 0.15) is 0 Å². The number of H-pyrrole nitrogens is 1. The second-order valence-corrected chi connectivity index (χ2v) is 6.29. The lowest BCUT2D eigenvalue weighted by atomic mass is 10.0. The highest BCUT2D eigenvalue weighted by Crippen LogP contribution is 2.34. The number of hydrogen-bond acceptors (Lipinski definition) is 1. The average Bonchev–Trinajstić information content (AvgIpc) is 2.92. The van der Waals surface area contributed by atoms with Crippen LogP contribution in [0, 0.1) is 0 Å². The molecule has 124 valence electrons. The summed E-state index contributed by atoms with van der Waals surface area (Å²) in [5.74, 6) is 0. The number of aromatic nitrogens is 1. The van der Waals surface area contributed by atoms with Crippen LogP contribution in [0.15, 0.2) is 48.5 Å². The van der Waals surface area contributed by atoms with Crippen LogP contribution in [0.1, 0.15) is 22.4 Å². The Morgan fingerprint density at radius 2 is 1.83 bits per heavy atom. The van der Waals surface area contributed by atoms with Gasteiger partial charge in [-0.25, -0.2) is 0 Å². The van der Waals surface area contributed by atoms with Gasteiger partial charge in [0.25, 0.3) is 0 Å². The third-order valence-corrected chi connectivity index (χ3v) is 4.63. The standard InChI is InChI=1S/C19H17F3N2/c20-19(21,22)14-6-7-17-16(10-14)15-8-9-24(12-18(15)23-17)11-13-4-2-1-3-5-13/h1-7,10,23H,8-9,11-12H2. The second-order valence-electron chi connectivity index (χ2n) is 6.29. The maximum absolute atomic E-state index is 12.9. The van der Waals surface area contributed by atoms with Crippen LogP contribution >= 0.6 is 0 Å². The van der Waals surface area contributed by atoms with E-state index in [0.717, 1.165) is 48.9 Å². The molecule has 0 saturated carbocycles. The van der Waals surface area contributed by atoms with E-state index >= 15 is 0 Å². The Morgan fingerprint density at radius 1 is 1.04 bits per heavy atom. The van der Waals surface area contributed by atoms with Crippen molar-refractivity contribution >= 4 is 10.9 Å². The SMILES string of the molecule is FC(F)(F)c1ccc2[nH]c3c(c2c1)CCN(Cc1ccccc1)C3. The van der Waals surface area contributed by atoms with E-state index in [9.17, 15) is 13.2 Å². The highest BCUT2D eigenvalue weighted by atomic mass is 19.4. The molecule has 2 nitrogen and oxygen atoms in total. The van der Waals surface area contributed by atoms with E-state index < -0.39 is 11.7 Å². The Kier molecular flexibility index (Phi) is 3.61. The summed E-state index contributed by atoms with van der Waals surface area (Å²) in [6.45, 7) is 2.44. The molecule has 0 spiro atoms. The normalized spacial score (nSPS) is 15.6. The van der Waals surface area contributed by atoms with Gasteiger partial charge in [0.05, 0.1) is 5.56 Å². The number of benzene rings is 2. The number of aromatic amines is 1. The van der Waals surface area contributed by atoms with E-state index in [1.165, 1.54) is 17.7 Å². The summed E-state index contributed by atoms with van der Waals surface area (Å²) in [5.41, 5.74) is 3.52. The zero-order valence-corrected chi connectivity index (χ0v) is 13.0. The van der Waals surface area contributed by atoms with Gasteiger partial charge in [-0.1, -0.05) is 30.3 Å². The van der Waals surface area contributed by atoms with Crippen molar-refractivity contribution in [2.45, 2.75) is 25.7 Å². The lowest BCUT2D eigenvalue weighted by Crippen LogP contribution is -2.29. The van der Waals surface area contributed by atoms with Crippen molar-refractivity contribution in [3.05, 3.63) is 70.9 Å². The number of alkyl halides is 3. The minimum atomic E-state index is -4.30. The third-order valence-electron chi connectivity index (χ3n) is 4.63. The topological polar surface area (TPSA) is 19.0 Å². The zero-order valence-electron chi connectivity index (χ0n) is 13.0. The molecule has 1 N–H and O–H groups in total. The fraction of sp³-hybridized carbons (Fsp3) is 0.263. The first-order valence-electron chi connectivity index (χ1n) is 7.98. The maximum atomic E-state index is 12.9. The number of nitrogens with zero attached hydrogens (tertiary/aromatic N) is 1. The number of halogens is 3. The van der Waals surface area contributed by atoms with E-state index in [2.05, 4.69) is 22.0 Å². The van der Waals surface area contributed by atoms with E-state index in [4.69, 9.17) is 0 Å². The van der Waals surface area contributed by atoms with E-state index in [-0.39, 0.29) is 0 Å². The molecule has 4 rings (SSSR count). The van der Waals surface area contributed by atoms with E-state index in [0.29, 0.717) is 5.39 Å². The number of nitrogens with one attached hydrogen (secondary N) is 1. The summed E-state index contributed by atoms with van der Waals surface area (Å²) < 4.78 is 38.8. The minimum Gasteiger partial charge on any atom is -0.357 e. The van der Waals surface area contributed by atoms with E-state index in [1.807, 2.05) is 18.2 Å². The predicted molar refractivity (Wildman–Crippen MR) is 87.6 cm³/mol. The van der Waals surface area contributed by atoms with Crippen molar-refractivity contribution in [3.8, 4) is 0 Å². The molecule has 0 atom stereocenters. The number of fused-ring (bicyclic) bond motifs is 3. The van der Waals surface area contributed by atoms with Crippen molar-refractivity contribution in [1.82, 2.24) is 9.88 Å². The van der Waals surface area contributed by atoms with Gasteiger partial charge < -0.3 is 4.98 Å². The summed E-state index contributed by atoms with van der Waals surface area (Å²) in [6.07, 6.45) is -3.53. The van der Waals surface area contributed by atoms with Crippen LogP contribution in [0.2, 0.25) is 0 Å². The molecule has 0 radical (unpaired) electrons. The molecule has 1 aliphatic rings. The van der Waals surface area contributed by atoms with Gasteiger partial charge in [-0.15, -0.1) is 0 Å². The van der Waals surface area contributed by atoms with Gasteiger partial charge in [0.15, 0.2) is 0 Å². The highest BCUT2D eigenvalue weighted by molar-refractivity contribution is 5.85. The molecule has 3 aromatic rings. The van der Waals surface area contributed by atoms with Crippen LogP contribution in [-0.4, -0.2) is 16.4 Å². The van der Waals surface area contributed by atoms with Crippen molar-refractivity contribution in [3.63, 3.8) is 0 Å². The van der Waals surface area contributed by atoms with Crippen LogP contribution in [0.3, 0.4) is 0 Å². The minimum absolute atomic E-state index is 0.580. The first-order chi connectivity index (χ1) is 11.5. The maximum Gasteiger partial charge on any atom is 0.416 e. The molecule has 1 aliphatic heterocycles. The van der Waals surface area contributed by atoms with Crippen molar-refractivity contribution < 1.29 is 13.2 Å². The van der Waals surface area contributed by atoms with Gasteiger partial charge in [0, 0.05) is 36.2 Å². The van der Waals surface area contributed by atoms with Gasteiger partial charge in [-0.3, -0.25) is 4.90 Å². The van der Waals surface area contributed by atoms with Gasteiger partial charge in [-0.05, 0) is 35.7 Å². The van der Waals surface area contributed by atoms with Crippen LogP contribution in [0.25, 0.3) is 10.9 Å². The molecule has 0 saturated heterocycles. The van der Waals surface area contributed by atoms with Crippen LogP contribution in [-0.2, 0) is 25.7 Å². The Morgan fingerprint density at radius 3 is 2.58 bits per heavy atom. The number of hydrogen-bond donors (Lipinski definition) is 1. The van der Waals surface area contributed by atoms with Gasteiger partial charge >= 0.3 is 6.18 Å². The van der Waals surface area contributed by atoms with Crippen molar-refractivity contribution in [2.75, 3.05) is 6.54 Å². The summed E-state index contributed by atoms with van der Waals surface area (Å²) in [5, 5.41) is 0.708. The molecule has 1 aromatic heterocycles. The Bertz CT molecular complexity index is 865. The Labute approximate surface area is 137 Å². The van der Waals surface area contributed by atoms with Crippen LogP contribution < -0.4 is 0 Å². The first kappa shape index (κ1) is 15.3. The second kappa shape index (κ2) is 5.67. The fourth-order valence-electron chi connectivity index (χ4n) is 3.45. The molecular weight excluding hydrogens is 313 g/mol. The summed E-state index contributed by atoms with van der Waals surface area (Å²) >= 11 is 0. The molecule has 0 amide bonds. The zero-order chi connectivity index (χ0) is 16.7. The molecule has 0 unspecified atom stereocenters. The molecule has 2 aromatic carbocycles. The quantitative estimate of drug-likeness (QED) is 0.719. The molecule has 0 aliphatic carbocycles. The lowest BCUT2D eigenvalue weighted by molar-refractivity contribution is -0.137. The highest BCUT2D eigenvalue weighted by Gasteiger charge is 2.31. The monoisotopic (exact) mass is 330 g/mol. The van der Waals surface area contributed by atoms with Crippen molar-refractivity contribution in [1.29, 1.82) is 0 Å². The van der Waals surface area contributed by atoms with Crippen LogP contribution in [0.5, 0.6) is 0 Å². The van der Waals surface area contributed by atoms with Crippen molar-refractivity contribution in [2.24, 2.45) is 0 Å². The molecule has 2 heterocycles. The first-order valence-corrected chi connectivity index (χ1v) is 7.98. The summed E-state index contributed by atoms with van der Waals surface area (Å²) in [6, 6.07) is 14.2. The average molecular weight is 330 g/mol. The predicted octanol–water partition coefficient (Wildman–Crippen LogP) is 4.75. The molecule has 24 heavy (non-hydrogen) atoms. The van der Waals surface area contributed by atoms with Gasteiger partial charge in [-0.2, -0.15) is 13.2 Å². The molecule has 0 fully saturated rings. The van der Waals surface area contributed by atoms with Gasteiger partial charge in [0.2, 0.25) is 0 Å². The number of rotatable bonds is 2. The van der Waals surface area contributed by atoms with E-state index in [1.54, 1.807) is 0 Å². The largest absolute Gasteiger partial charge is 0.416 e. The third kappa shape index (κ3) is 2.80. The Balaban J connectivity index is 1.62. The summed E-state index contributed by atoms with van der Waals surface area (Å²) in [4.78, 5) is 5.62. The smallest absolute Gasteiger partial charge is 0.357 e.